The van der Waals surface area contributed by atoms with E-state index in [0.29, 0.717) is 16.8 Å². The number of aromatic nitrogens is 4. The number of tetrazole rings is 1. The zero-order valence-corrected chi connectivity index (χ0v) is 15.6. The normalized spacial score (nSPS) is 12.3. The van der Waals surface area contributed by atoms with Crippen LogP contribution in [0.25, 0.3) is 5.69 Å². The summed E-state index contributed by atoms with van der Waals surface area (Å²) in [6.07, 6.45) is -0.617. The average Bonchev–Trinajstić information content (AvgIpc) is 3.14. The van der Waals surface area contributed by atoms with Crippen molar-refractivity contribution in [1.82, 2.24) is 20.2 Å². The van der Waals surface area contributed by atoms with Crippen LogP contribution in [0.4, 0.5) is 0 Å². The van der Waals surface area contributed by atoms with Crippen LogP contribution in [-0.2, 0) is 0 Å². The maximum atomic E-state index is 10.1. The third kappa shape index (κ3) is 4.83. The van der Waals surface area contributed by atoms with Crippen LogP contribution in [0.2, 0.25) is 0 Å². The summed E-state index contributed by atoms with van der Waals surface area (Å²) in [6, 6.07) is 17.6. The molecule has 136 valence electrons. The molecule has 26 heavy (non-hydrogen) atoms. The van der Waals surface area contributed by atoms with E-state index in [-0.39, 0.29) is 6.61 Å². The Morgan fingerprint density at radius 1 is 1.08 bits per heavy atom. The number of para-hydroxylation sites is 1. The van der Waals surface area contributed by atoms with Crippen molar-refractivity contribution in [2.75, 3.05) is 12.4 Å². The largest absolute Gasteiger partial charge is 0.491 e. The van der Waals surface area contributed by atoms with E-state index in [1.54, 1.807) is 4.68 Å². The first-order chi connectivity index (χ1) is 12.6. The summed E-state index contributed by atoms with van der Waals surface area (Å²) in [4.78, 5) is 0. The van der Waals surface area contributed by atoms with Crippen LogP contribution in [0.1, 0.15) is 25.3 Å². The van der Waals surface area contributed by atoms with E-state index in [4.69, 9.17) is 4.74 Å². The molecule has 0 fully saturated rings. The number of ether oxygens (including phenoxy) is 1. The Bertz CT molecular complexity index is 806. The van der Waals surface area contributed by atoms with E-state index < -0.39 is 6.10 Å². The van der Waals surface area contributed by atoms with E-state index in [9.17, 15) is 5.11 Å². The van der Waals surface area contributed by atoms with Crippen LogP contribution >= 0.6 is 11.8 Å². The quantitative estimate of drug-likeness (QED) is 0.613. The summed E-state index contributed by atoms with van der Waals surface area (Å²) < 4.78 is 7.25. The Labute approximate surface area is 157 Å². The van der Waals surface area contributed by atoms with Crippen molar-refractivity contribution in [2.45, 2.75) is 31.0 Å². The van der Waals surface area contributed by atoms with Gasteiger partial charge in [0, 0.05) is 5.75 Å². The highest BCUT2D eigenvalue weighted by molar-refractivity contribution is 7.99. The molecule has 7 heteroatoms. The number of nitrogens with zero attached hydrogens (tertiary/aromatic N) is 4. The van der Waals surface area contributed by atoms with Gasteiger partial charge >= 0.3 is 0 Å². The van der Waals surface area contributed by atoms with E-state index in [1.807, 2.05) is 42.5 Å². The fourth-order valence-electron chi connectivity index (χ4n) is 2.36. The number of aliphatic hydroxyl groups is 1. The molecule has 6 nitrogen and oxygen atoms in total. The lowest BCUT2D eigenvalue weighted by atomic mass is 10.0. The number of hydrogen-bond acceptors (Lipinski definition) is 6. The highest BCUT2D eigenvalue weighted by Gasteiger charge is 2.13. The summed E-state index contributed by atoms with van der Waals surface area (Å²) in [6.45, 7) is 4.54. The Kier molecular flexibility index (Phi) is 6.25. The molecule has 0 saturated heterocycles. The van der Waals surface area contributed by atoms with Crippen molar-refractivity contribution in [2.24, 2.45) is 0 Å². The topological polar surface area (TPSA) is 73.1 Å². The summed E-state index contributed by atoms with van der Waals surface area (Å²) in [5, 5.41) is 22.6. The molecule has 3 aromatic rings. The van der Waals surface area contributed by atoms with Crippen molar-refractivity contribution in [1.29, 1.82) is 0 Å². The van der Waals surface area contributed by atoms with Gasteiger partial charge in [-0.3, -0.25) is 0 Å². The Morgan fingerprint density at radius 2 is 1.81 bits per heavy atom. The molecule has 0 bridgehead atoms. The first kappa shape index (κ1) is 18.4. The average molecular weight is 370 g/mol. The number of rotatable bonds is 8. The predicted molar refractivity (Wildman–Crippen MR) is 102 cm³/mol. The maximum Gasteiger partial charge on any atom is 0.214 e. The second-order valence-electron chi connectivity index (χ2n) is 6.21. The minimum atomic E-state index is -0.617. The SMILES string of the molecule is CC(C)c1ccc(-n2nnnc2SC[C@H](O)COc2ccccc2)cc1. The van der Waals surface area contributed by atoms with Crippen LogP contribution in [0.3, 0.4) is 0 Å². The lowest BCUT2D eigenvalue weighted by Crippen LogP contribution is -2.20. The smallest absolute Gasteiger partial charge is 0.214 e. The summed E-state index contributed by atoms with van der Waals surface area (Å²) in [7, 11) is 0. The Morgan fingerprint density at radius 3 is 2.50 bits per heavy atom. The van der Waals surface area contributed by atoms with E-state index >= 15 is 0 Å². The van der Waals surface area contributed by atoms with E-state index in [2.05, 4.69) is 41.5 Å². The third-order valence-electron chi connectivity index (χ3n) is 3.84. The molecule has 3 rings (SSSR count). The Balaban J connectivity index is 1.56. The van der Waals surface area contributed by atoms with E-state index in [1.165, 1.54) is 17.3 Å². The zero-order valence-electron chi connectivity index (χ0n) is 14.8. The van der Waals surface area contributed by atoms with Crippen LogP contribution in [0, 0.1) is 0 Å². The van der Waals surface area contributed by atoms with Crippen molar-refractivity contribution >= 4 is 11.8 Å². The highest BCUT2D eigenvalue weighted by Crippen LogP contribution is 2.21. The van der Waals surface area contributed by atoms with Gasteiger partial charge in [-0.2, -0.15) is 4.68 Å². The van der Waals surface area contributed by atoms with Crippen LogP contribution in [0.5, 0.6) is 5.75 Å². The van der Waals surface area contributed by atoms with Gasteiger partial charge < -0.3 is 9.84 Å². The molecule has 1 atom stereocenters. The van der Waals surface area contributed by atoms with Gasteiger partial charge in [0.2, 0.25) is 5.16 Å². The van der Waals surface area contributed by atoms with Crippen molar-refractivity contribution in [3.63, 3.8) is 0 Å². The molecule has 0 unspecified atom stereocenters. The van der Waals surface area contributed by atoms with Gasteiger partial charge in [-0.15, -0.1) is 5.10 Å². The molecule has 0 aliphatic heterocycles. The van der Waals surface area contributed by atoms with Crippen molar-refractivity contribution in [3.05, 3.63) is 60.2 Å². The molecular weight excluding hydrogens is 348 g/mol. The van der Waals surface area contributed by atoms with Crippen LogP contribution in [-0.4, -0.2) is 43.8 Å². The number of aliphatic hydroxyl groups excluding tert-OH is 1. The molecule has 1 heterocycles. The molecule has 1 aromatic heterocycles. The van der Waals surface area contributed by atoms with Crippen LogP contribution < -0.4 is 4.74 Å². The molecule has 0 spiro atoms. The van der Waals surface area contributed by atoms with Gasteiger partial charge in [-0.25, -0.2) is 0 Å². The number of hydrogen-bond donors (Lipinski definition) is 1. The van der Waals surface area contributed by atoms with Crippen molar-refractivity contribution in [3.8, 4) is 11.4 Å². The highest BCUT2D eigenvalue weighted by atomic mass is 32.2. The monoisotopic (exact) mass is 370 g/mol. The predicted octanol–water partition coefficient (Wildman–Crippen LogP) is 3.32. The second kappa shape index (κ2) is 8.82. The van der Waals surface area contributed by atoms with Crippen LogP contribution in [0.15, 0.2) is 59.8 Å². The van der Waals surface area contributed by atoms with Crippen molar-refractivity contribution < 1.29 is 9.84 Å². The first-order valence-corrected chi connectivity index (χ1v) is 9.49. The molecule has 0 aliphatic rings. The fourth-order valence-corrected chi connectivity index (χ4v) is 3.16. The summed E-state index contributed by atoms with van der Waals surface area (Å²) in [5.74, 6) is 1.66. The third-order valence-corrected chi connectivity index (χ3v) is 4.90. The summed E-state index contributed by atoms with van der Waals surface area (Å²) >= 11 is 1.40. The zero-order chi connectivity index (χ0) is 18.4. The molecule has 1 N–H and O–H groups in total. The maximum absolute atomic E-state index is 10.1. The first-order valence-electron chi connectivity index (χ1n) is 8.51. The fraction of sp³-hybridized carbons (Fsp3) is 0.316. The van der Waals surface area contributed by atoms with E-state index in [0.717, 1.165) is 11.4 Å². The van der Waals surface area contributed by atoms with Gasteiger partial charge in [0.25, 0.3) is 0 Å². The molecule has 0 aliphatic carbocycles. The standard InChI is InChI=1S/C19H22N4O2S/c1-14(2)15-8-10-16(11-9-15)23-19(20-21-22-23)26-13-17(24)12-25-18-6-4-3-5-7-18/h3-11,14,17,24H,12-13H2,1-2H3/t17-/m1/s1. The summed E-state index contributed by atoms with van der Waals surface area (Å²) in [5.41, 5.74) is 2.17. The van der Waals surface area contributed by atoms with Gasteiger partial charge in [-0.05, 0) is 46.2 Å². The lowest BCUT2D eigenvalue weighted by Gasteiger charge is -2.12. The molecular formula is C19H22N4O2S. The lowest BCUT2D eigenvalue weighted by molar-refractivity contribution is 0.126. The number of thioether (sulfide) groups is 1. The molecule has 2 aromatic carbocycles. The van der Waals surface area contributed by atoms with Gasteiger partial charge in [0.1, 0.15) is 12.4 Å². The number of benzene rings is 2. The minimum Gasteiger partial charge on any atom is -0.491 e. The minimum absolute atomic E-state index is 0.224. The van der Waals surface area contributed by atoms with Gasteiger partial charge in [-0.1, -0.05) is 55.9 Å². The molecule has 0 amide bonds. The van der Waals surface area contributed by atoms with Gasteiger partial charge in [0.05, 0.1) is 11.8 Å². The second-order valence-corrected chi connectivity index (χ2v) is 7.20. The molecule has 0 saturated carbocycles. The molecule has 0 radical (unpaired) electrons. The van der Waals surface area contributed by atoms with Gasteiger partial charge in [0.15, 0.2) is 0 Å². The Hall–Kier alpha value is -2.38.